The number of halogens is 1. The van der Waals surface area contributed by atoms with E-state index in [9.17, 15) is 9.18 Å². The highest BCUT2D eigenvalue weighted by molar-refractivity contribution is 6.05. The normalized spacial score (nSPS) is 27.2. The quantitative estimate of drug-likeness (QED) is 0.323. The molecule has 0 radical (unpaired) electrons. The van der Waals surface area contributed by atoms with Crippen molar-refractivity contribution in [2.45, 2.75) is 44.6 Å². The number of Topliss-reactive ketones (excluding diaryl/α,β-unsaturated/α-hetero) is 1. The van der Waals surface area contributed by atoms with Crippen molar-refractivity contribution < 1.29 is 13.9 Å². The van der Waals surface area contributed by atoms with Crippen LogP contribution in [0.25, 0.3) is 5.70 Å². The summed E-state index contributed by atoms with van der Waals surface area (Å²) in [4.78, 5) is 20.2. The number of carbonyl (C=O) groups is 1. The van der Waals surface area contributed by atoms with Gasteiger partial charge >= 0.3 is 0 Å². The lowest BCUT2D eigenvalue weighted by molar-refractivity contribution is 0.0860. The average Bonchev–Trinajstić information content (AvgIpc) is 3.48. The molecule has 39 heavy (non-hydrogen) atoms. The number of nitrogens with zero attached hydrogens (tertiary/aromatic N) is 2. The van der Waals surface area contributed by atoms with Crippen LogP contribution in [0, 0.1) is 24.1 Å². The molecule has 200 valence electrons. The van der Waals surface area contributed by atoms with Gasteiger partial charge < -0.3 is 15.0 Å². The Balaban J connectivity index is 1.19. The highest BCUT2D eigenvalue weighted by Crippen LogP contribution is 2.69. The van der Waals surface area contributed by atoms with E-state index in [1.807, 2.05) is 36.2 Å². The molecule has 1 saturated heterocycles. The average molecular weight is 524 g/mol. The molecule has 2 aliphatic heterocycles. The second-order valence-electron chi connectivity index (χ2n) is 11.4. The third-order valence-electron chi connectivity index (χ3n) is 9.04. The van der Waals surface area contributed by atoms with Crippen molar-refractivity contribution in [1.82, 2.24) is 10.2 Å². The Morgan fingerprint density at radius 2 is 2.10 bits per heavy atom. The molecule has 6 rings (SSSR count). The first-order valence-electron chi connectivity index (χ1n) is 13.6. The van der Waals surface area contributed by atoms with E-state index in [-0.39, 0.29) is 16.7 Å². The smallest absolute Gasteiger partial charge is 0.169 e. The Hall–Kier alpha value is -3.77. The van der Waals surface area contributed by atoms with E-state index in [1.165, 1.54) is 19.6 Å². The lowest BCUT2D eigenvalue weighted by Gasteiger charge is -2.42. The summed E-state index contributed by atoms with van der Waals surface area (Å²) in [7, 11) is 1.44. The maximum Gasteiger partial charge on any atom is 0.169 e. The molecule has 0 aromatic heterocycles. The van der Waals surface area contributed by atoms with E-state index in [4.69, 9.17) is 4.74 Å². The lowest BCUT2D eigenvalue weighted by Crippen LogP contribution is -2.56. The monoisotopic (exact) mass is 523 g/mol. The van der Waals surface area contributed by atoms with E-state index < -0.39 is 5.82 Å². The van der Waals surface area contributed by atoms with Gasteiger partial charge in [-0.1, -0.05) is 37.4 Å². The van der Waals surface area contributed by atoms with Gasteiger partial charge in [-0.15, -0.1) is 0 Å². The van der Waals surface area contributed by atoms with Crippen molar-refractivity contribution in [2.24, 2.45) is 16.3 Å². The Morgan fingerprint density at radius 1 is 1.28 bits per heavy atom. The molecule has 6 heteroatoms. The second-order valence-corrected chi connectivity index (χ2v) is 11.4. The van der Waals surface area contributed by atoms with E-state index in [2.05, 4.69) is 29.5 Å². The fraction of sp³-hybridized carbons (Fsp3) is 0.333. The number of methoxy groups -OCH3 is 1. The summed E-state index contributed by atoms with van der Waals surface area (Å²) in [5.74, 6) is 0.602. The molecule has 2 aromatic carbocycles. The van der Waals surface area contributed by atoms with Gasteiger partial charge in [0.05, 0.1) is 24.2 Å². The number of hydrogen-bond donors (Lipinski definition) is 1. The molecule has 5 nitrogen and oxygen atoms in total. The Kier molecular flexibility index (Phi) is 6.18. The Morgan fingerprint density at radius 3 is 2.74 bits per heavy atom. The number of carbonyl (C=O) groups excluding carboxylic acids is 1. The minimum Gasteiger partial charge on any atom is -0.494 e. The van der Waals surface area contributed by atoms with Crippen LogP contribution in [0.4, 0.5) is 4.39 Å². The highest BCUT2D eigenvalue weighted by atomic mass is 19.1. The van der Waals surface area contributed by atoms with Crippen molar-refractivity contribution in [3.63, 3.8) is 0 Å². The maximum absolute atomic E-state index is 14.5. The minimum atomic E-state index is -0.440. The van der Waals surface area contributed by atoms with E-state index in [0.29, 0.717) is 29.4 Å². The fourth-order valence-corrected chi connectivity index (χ4v) is 6.85. The summed E-state index contributed by atoms with van der Waals surface area (Å²) < 4.78 is 19.6. The molecule has 3 atom stereocenters. The van der Waals surface area contributed by atoms with Crippen LogP contribution in [0.5, 0.6) is 5.75 Å². The topological polar surface area (TPSA) is 53.9 Å². The molecule has 3 fully saturated rings. The second kappa shape index (κ2) is 9.45. The van der Waals surface area contributed by atoms with E-state index in [0.717, 1.165) is 53.9 Å². The molecule has 3 unspecified atom stereocenters. The SMILES string of the molecule is C=C/C=C(/c1ccc(OC)c(F)c1)N1C=CN=C(Cc2ccc(C(=O)C34CC3CC3(CCN3)C4)c(C)c2)C1=C. The van der Waals surface area contributed by atoms with E-state index >= 15 is 0 Å². The summed E-state index contributed by atoms with van der Waals surface area (Å²) in [6.07, 6.45) is 12.0. The molecule has 0 amide bonds. The van der Waals surface area contributed by atoms with Crippen LogP contribution < -0.4 is 10.1 Å². The first-order valence-corrected chi connectivity index (χ1v) is 13.6. The molecule has 4 aliphatic rings. The van der Waals surface area contributed by atoms with Crippen LogP contribution in [0.15, 0.2) is 84.8 Å². The first kappa shape index (κ1) is 25.5. The molecule has 2 aliphatic carbocycles. The number of allylic oxidation sites excluding steroid dienone is 3. The predicted octanol–water partition coefficient (Wildman–Crippen LogP) is 6.37. The number of rotatable bonds is 8. The Bertz CT molecular complexity index is 1480. The standard InChI is InChI=1S/C33H34FN3O2/c1-5-6-29(24-8-10-30(39-4)27(34)17-24)37-14-13-35-28(22(37)3)16-23-7-9-26(21(2)15-23)31(38)33-19-25(33)18-32(20-33)11-12-36-32/h5-10,13-15,17,25,36H,1,3,11-12,16,18-20H2,2,4H3/b29-6-. The third kappa shape index (κ3) is 4.27. The van der Waals surface area contributed by atoms with Crippen molar-refractivity contribution in [3.05, 3.63) is 108 Å². The Labute approximate surface area is 229 Å². The van der Waals surface area contributed by atoms with Crippen LogP contribution in [-0.2, 0) is 6.42 Å². The fourth-order valence-electron chi connectivity index (χ4n) is 6.85. The van der Waals surface area contributed by atoms with Crippen LogP contribution in [0.2, 0.25) is 0 Å². The number of ketones is 1. The van der Waals surface area contributed by atoms with Gasteiger partial charge in [-0.05, 0) is 80.5 Å². The van der Waals surface area contributed by atoms with Gasteiger partial charge in [0.15, 0.2) is 17.3 Å². The number of aliphatic imine (C=N–C) groups is 1. The lowest BCUT2D eigenvalue weighted by atomic mass is 9.79. The maximum atomic E-state index is 14.5. The molecule has 2 heterocycles. The number of hydrogen-bond acceptors (Lipinski definition) is 5. The molecule has 2 aromatic rings. The van der Waals surface area contributed by atoms with Crippen molar-refractivity contribution in [1.29, 1.82) is 0 Å². The number of aryl methyl sites for hydroxylation is 1. The zero-order valence-corrected chi connectivity index (χ0v) is 22.6. The molecule has 0 bridgehead atoms. The predicted molar refractivity (Wildman–Crippen MR) is 153 cm³/mol. The minimum absolute atomic E-state index is 0.151. The van der Waals surface area contributed by atoms with Crippen molar-refractivity contribution in [3.8, 4) is 5.75 Å². The summed E-state index contributed by atoms with van der Waals surface area (Å²) in [6, 6.07) is 11.0. The van der Waals surface area contributed by atoms with Gasteiger partial charge in [-0.25, -0.2) is 4.39 Å². The molecule has 1 N–H and O–H groups in total. The van der Waals surface area contributed by atoms with E-state index in [1.54, 1.807) is 24.4 Å². The number of ether oxygens (including phenoxy) is 1. The van der Waals surface area contributed by atoms with Gasteiger partial charge in [-0.3, -0.25) is 9.79 Å². The summed E-state index contributed by atoms with van der Waals surface area (Å²) in [5.41, 5.74) is 5.89. The number of fused-ring (bicyclic) bond motifs is 1. The van der Waals surface area contributed by atoms with Crippen LogP contribution in [0.3, 0.4) is 0 Å². The van der Waals surface area contributed by atoms with Gasteiger partial charge in [0.25, 0.3) is 0 Å². The molecule has 2 saturated carbocycles. The summed E-state index contributed by atoms with van der Waals surface area (Å²) in [5, 5.41) is 3.61. The van der Waals surface area contributed by atoms with Crippen molar-refractivity contribution in [2.75, 3.05) is 13.7 Å². The highest BCUT2D eigenvalue weighted by Gasteiger charge is 2.69. The van der Waals surface area contributed by atoms with Gasteiger partial charge in [-0.2, -0.15) is 0 Å². The first-order chi connectivity index (χ1) is 18.8. The van der Waals surface area contributed by atoms with Crippen LogP contribution in [0.1, 0.15) is 52.7 Å². The molecular formula is C33H34FN3O2. The van der Waals surface area contributed by atoms with Crippen molar-refractivity contribution >= 4 is 17.2 Å². The summed E-state index contributed by atoms with van der Waals surface area (Å²) >= 11 is 0. The molecule has 1 spiro atoms. The van der Waals surface area contributed by atoms with Gasteiger partial charge in [0, 0.05) is 40.9 Å². The van der Waals surface area contributed by atoms with Crippen LogP contribution >= 0.6 is 0 Å². The van der Waals surface area contributed by atoms with Crippen LogP contribution in [-0.4, -0.2) is 35.6 Å². The zero-order valence-electron chi connectivity index (χ0n) is 22.6. The number of nitrogens with one attached hydrogen (secondary N) is 1. The zero-order chi connectivity index (χ0) is 27.4. The number of benzene rings is 2. The largest absolute Gasteiger partial charge is 0.494 e. The van der Waals surface area contributed by atoms with Gasteiger partial charge in [0.1, 0.15) is 0 Å². The third-order valence-corrected chi connectivity index (χ3v) is 9.04. The summed E-state index contributed by atoms with van der Waals surface area (Å²) in [6.45, 7) is 11.3. The van der Waals surface area contributed by atoms with Gasteiger partial charge in [0.2, 0.25) is 0 Å². The molecular weight excluding hydrogens is 489 g/mol.